The summed E-state index contributed by atoms with van der Waals surface area (Å²) in [5.41, 5.74) is -0.0468. The minimum Gasteiger partial charge on any atom is -0.508 e. The lowest BCUT2D eigenvalue weighted by Crippen LogP contribution is -2.51. The van der Waals surface area contributed by atoms with Gasteiger partial charge in [0.15, 0.2) is 5.82 Å². The van der Waals surface area contributed by atoms with E-state index in [1.165, 1.54) is 12.1 Å². The quantitative estimate of drug-likeness (QED) is 0.318. The fourth-order valence-electron chi connectivity index (χ4n) is 6.76. The van der Waals surface area contributed by atoms with Gasteiger partial charge in [-0.2, -0.15) is 9.97 Å². The summed E-state index contributed by atoms with van der Waals surface area (Å²) in [5.74, 6) is -1.65. The Kier molecular flexibility index (Phi) is 6.39. The van der Waals surface area contributed by atoms with Crippen LogP contribution in [0.1, 0.15) is 36.0 Å². The number of carboxylic acids is 1. The van der Waals surface area contributed by atoms with Crippen LogP contribution in [-0.2, 0) is 0 Å². The zero-order chi connectivity index (χ0) is 28.2. The molecule has 3 saturated heterocycles. The van der Waals surface area contributed by atoms with Gasteiger partial charge in [0, 0.05) is 42.2 Å². The standard InChI is InChI=1S/C31H32FN5O4/c1-36-10-4-6-20(36)16-41-31-34-28-25(29(35-31)37-14-18-8-9-19(15-37)33-18)13-24(30(39)40)26(27(28)32)23-12-21(38)11-17-5-2-3-7-22(17)23/h2-3,5,7,11-13,18-20,33,38H,4,6,8-10,14-16H2,1H3,(H,39,40)/t18-,19+,20-/m0/s1. The first kappa shape index (κ1) is 25.9. The lowest BCUT2D eigenvalue weighted by Gasteiger charge is -2.34. The van der Waals surface area contributed by atoms with Crippen LogP contribution in [-0.4, -0.2) is 82.5 Å². The zero-order valence-corrected chi connectivity index (χ0v) is 22.8. The number of nitrogens with zero attached hydrogens (tertiary/aromatic N) is 4. The number of likely N-dealkylation sites (tertiary alicyclic amines) is 1. The molecule has 41 heavy (non-hydrogen) atoms. The molecule has 0 aliphatic carbocycles. The summed E-state index contributed by atoms with van der Waals surface area (Å²) < 4.78 is 22.9. The number of aromatic hydroxyl groups is 1. The molecule has 0 unspecified atom stereocenters. The number of nitrogens with one attached hydrogen (secondary N) is 1. The maximum atomic E-state index is 16.8. The minimum absolute atomic E-state index is 0.00285. The van der Waals surface area contributed by atoms with E-state index in [9.17, 15) is 15.0 Å². The largest absolute Gasteiger partial charge is 0.508 e. The van der Waals surface area contributed by atoms with E-state index in [0.29, 0.717) is 41.7 Å². The van der Waals surface area contributed by atoms with Gasteiger partial charge in [-0.3, -0.25) is 0 Å². The van der Waals surface area contributed by atoms with Gasteiger partial charge in [0.05, 0.1) is 5.56 Å². The molecule has 0 radical (unpaired) electrons. The Labute approximate surface area is 236 Å². The number of anilines is 1. The number of likely N-dealkylation sites (N-methyl/N-ethyl adjacent to an activating group) is 1. The molecule has 0 amide bonds. The van der Waals surface area contributed by atoms with Crippen LogP contribution in [0.2, 0.25) is 0 Å². The molecular weight excluding hydrogens is 525 g/mol. The van der Waals surface area contributed by atoms with E-state index in [1.54, 1.807) is 24.3 Å². The second-order valence-electron chi connectivity index (χ2n) is 11.5. The number of carboxylic acid groups (broad SMARTS) is 1. The van der Waals surface area contributed by atoms with E-state index >= 15 is 4.39 Å². The van der Waals surface area contributed by atoms with E-state index < -0.39 is 11.8 Å². The predicted molar refractivity (Wildman–Crippen MR) is 154 cm³/mol. The normalized spacial score (nSPS) is 22.6. The second kappa shape index (κ2) is 10.1. The zero-order valence-electron chi connectivity index (χ0n) is 22.8. The van der Waals surface area contributed by atoms with Gasteiger partial charge in [0.1, 0.15) is 23.7 Å². The first-order valence-corrected chi connectivity index (χ1v) is 14.2. The molecule has 3 fully saturated rings. The van der Waals surface area contributed by atoms with Crippen molar-refractivity contribution in [3.05, 3.63) is 53.8 Å². The number of piperazine rings is 1. The minimum atomic E-state index is -1.27. The monoisotopic (exact) mass is 557 g/mol. The molecule has 212 valence electrons. The van der Waals surface area contributed by atoms with E-state index in [2.05, 4.69) is 27.1 Å². The van der Waals surface area contributed by atoms with Gasteiger partial charge in [-0.25, -0.2) is 9.18 Å². The maximum absolute atomic E-state index is 16.8. The number of aromatic nitrogens is 2. The average molecular weight is 558 g/mol. The number of phenols is 1. The van der Waals surface area contributed by atoms with Crippen molar-refractivity contribution < 1.29 is 24.1 Å². The van der Waals surface area contributed by atoms with Crippen LogP contribution < -0.4 is 15.0 Å². The number of fused-ring (bicyclic) bond motifs is 4. The summed E-state index contributed by atoms with van der Waals surface area (Å²) in [4.78, 5) is 26.3. The molecule has 3 aromatic carbocycles. The number of benzene rings is 3. The SMILES string of the molecule is CN1CCC[C@H]1COc1nc(N2C[C@H]3CC[C@@H](C2)N3)c2cc(C(=O)O)c(-c3cc(O)cc4ccccc34)c(F)c2n1. The van der Waals surface area contributed by atoms with Gasteiger partial charge in [-0.05, 0) is 73.8 Å². The van der Waals surface area contributed by atoms with Gasteiger partial charge >= 0.3 is 12.0 Å². The molecule has 4 heterocycles. The Morgan fingerprint density at radius 3 is 2.61 bits per heavy atom. The molecule has 9 nitrogen and oxygen atoms in total. The fraction of sp³-hybridized carbons (Fsp3) is 0.387. The lowest BCUT2D eigenvalue weighted by molar-refractivity contribution is 0.0697. The Hall–Kier alpha value is -4.02. The van der Waals surface area contributed by atoms with Crippen molar-refractivity contribution in [3.63, 3.8) is 0 Å². The molecule has 0 spiro atoms. The molecular formula is C31H32FN5O4. The number of rotatable bonds is 6. The first-order chi connectivity index (χ1) is 19.9. The van der Waals surface area contributed by atoms with Crippen LogP contribution in [0.25, 0.3) is 32.8 Å². The van der Waals surface area contributed by atoms with Gasteiger partial charge in [-0.15, -0.1) is 0 Å². The molecule has 4 aromatic rings. The molecule has 7 rings (SSSR count). The van der Waals surface area contributed by atoms with Crippen molar-refractivity contribution in [1.29, 1.82) is 0 Å². The van der Waals surface area contributed by atoms with Crippen molar-refractivity contribution in [2.24, 2.45) is 0 Å². The lowest BCUT2D eigenvalue weighted by atomic mass is 9.92. The molecule has 3 aliphatic rings. The van der Waals surface area contributed by atoms with Crippen LogP contribution in [0.3, 0.4) is 0 Å². The van der Waals surface area contributed by atoms with Crippen LogP contribution in [0.4, 0.5) is 10.2 Å². The molecule has 3 N–H and O–H groups in total. The fourth-order valence-corrected chi connectivity index (χ4v) is 6.76. The number of hydrogen-bond donors (Lipinski definition) is 3. The van der Waals surface area contributed by atoms with E-state index in [-0.39, 0.29) is 52.1 Å². The second-order valence-corrected chi connectivity index (χ2v) is 11.5. The van der Waals surface area contributed by atoms with Crippen molar-refractivity contribution in [2.45, 2.75) is 43.8 Å². The Bertz CT molecular complexity index is 1670. The Balaban J connectivity index is 1.43. The maximum Gasteiger partial charge on any atom is 0.336 e. The highest BCUT2D eigenvalue weighted by molar-refractivity contribution is 6.09. The molecule has 3 atom stereocenters. The third-order valence-electron chi connectivity index (χ3n) is 8.83. The van der Waals surface area contributed by atoms with Crippen molar-refractivity contribution >= 4 is 33.5 Å². The third-order valence-corrected chi connectivity index (χ3v) is 8.83. The molecule has 3 aliphatic heterocycles. The number of ether oxygens (including phenoxy) is 1. The highest BCUT2D eigenvalue weighted by Gasteiger charge is 2.35. The molecule has 1 aromatic heterocycles. The topological polar surface area (TPSA) is 111 Å². The van der Waals surface area contributed by atoms with Crippen LogP contribution in [0.15, 0.2) is 42.5 Å². The van der Waals surface area contributed by atoms with E-state index in [0.717, 1.165) is 32.2 Å². The summed E-state index contributed by atoms with van der Waals surface area (Å²) in [7, 11) is 2.06. The van der Waals surface area contributed by atoms with E-state index in [4.69, 9.17) is 9.72 Å². The highest BCUT2D eigenvalue weighted by atomic mass is 19.1. The average Bonchev–Trinajstić information content (AvgIpc) is 3.53. The van der Waals surface area contributed by atoms with Gasteiger partial charge in [0.25, 0.3) is 0 Å². The predicted octanol–water partition coefficient (Wildman–Crippen LogP) is 4.41. The van der Waals surface area contributed by atoms with Gasteiger partial charge in [-0.1, -0.05) is 24.3 Å². The van der Waals surface area contributed by atoms with Crippen LogP contribution >= 0.6 is 0 Å². The number of phenolic OH excluding ortho intramolecular Hbond substituents is 1. The summed E-state index contributed by atoms with van der Waals surface area (Å²) in [5, 5.41) is 26.0. The number of halogens is 1. The summed E-state index contributed by atoms with van der Waals surface area (Å²) >= 11 is 0. The number of carbonyl (C=O) groups is 1. The Morgan fingerprint density at radius 2 is 1.88 bits per heavy atom. The summed E-state index contributed by atoms with van der Waals surface area (Å²) in [6.45, 7) is 2.73. The van der Waals surface area contributed by atoms with Crippen LogP contribution in [0.5, 0.6) is 11.8 Å². The molecule has 0 saturated carbocycles. The van der Waals surface area contributed by atoms with Crippen molar-refractivity contribution in [1.82, 2.24) is 20.2 Å². The molecule has 2 bridgehead atoms. The van der Waals surface area contributed by atoms with Crippen molar-refractivity contribution in [2.75, 3.05) is 38.2 Å². The third kappa shape index (κ3) is 4.61. The number of hydrogen-bond acceptors (Lipinski definition) is 8. The van der Waals surface area contributed by atoms with Crippen molar-refractivity contribution in [3.8, 4) is 22.9 Å². The number of aromatic carboxylic acids is 1. The van der Waals surface area contributed by atoms with E-state index in [1.807, 2.05) is 6.07 Å². The summed E-state index contributed by atoms with van der Waals surface area (Å²) in [6.07, 6.45) is 4.19. The Morgan fingerprint density at radius 1 is 1.10 bits per heavy atom. The highest BCUT2D eigenvalue weighted by Crippen LogP contribution is 2.41. The first-order valence-electron chi connectivity index (χ1n) is 14.2. The summed E-state index contributed by atoms with van der Waals surface area (Å²) in [6, 6.07) is 12.5. The van der Waals surface area contributed by atoms with Gasteiger partial charge < -0.3 is 30.1 Å². The molecule has 10 heteroatoms. The van der Waals surface area contributed by atoms with Gasteiger partial charge in [0.2, 0.25) is 0 Å². The van der Waals surface area contributed by atoms with Crippen LogP contribution in [0, 0.1) is 5.82 Å². The smallest absolute Gasteiger partial charge is 0.336 e.